The molecule has 1 saturated carbocycles. The van der Waals surface area contributed by atoms with Crippen LogP contribution in [0.5, 0.6) is 0 Å². The van der Waals surface area contributed by atoms with Crippen molar-refractivity contribution in [2.24, 2.45) is 17.6 Å². The van der Waals surface area contributed by atoms with Crippen LogP contribution in [0.25, 0.3) is 0 Å². The van der Waals surface area contributed by atoms with E-state index in [1.54, 1.807) is 26.8 Å². The third-order valence-electron chi connectivity index (χ3n) is 10.4. The second-order valence-electron chi connectivity index (χ2n) is 14.6. The lowest BCUT2D eigenvalue weighted by Crippen LogP contribution is -2.46. The summed E-state index contributed by atoms with van der Waals surface area (Å²) in [7, 11) is 0. The van der Waals surface area contributed by atoms with Crippen LogP contribution in [0, 0.1) is 24.6 Å². The normalized spacial score (nSPS) is 18.4. The number of nitrogens with two attached hydrogens (primary N) is 1. The Bertz CT molecular complexity index is 1800. The van der Waals surface area contributed by atoms with Gasteiger partial charge in [-0.1, -0.05) is 57.0 Å². The Morgan fingerprint density at radius 1 is 0.926 bits per heavy atom. The second kappa shape index (κ2) is 17.6. The van der Waals surface area contributed by atoms with E-state index in [9.17, 15) is 32.3 Å². The Hall–Kier alpha value is -4.78. The first-order valence-corrected chi connectivity index (χ1v) is 18.5. The van der Waals surface area contributed by atoms with Gasteiger partial charge in [0.1, 0.15) is 18.2 Å². The molecule has 1 aliphatic carbocycles. The van der Waals surface area contributed by atoms with E-state index in [0.717, 1.165) is 43.5 Å². The number of ether oxygens (including phenoxy) is 1. The zero-order chi connectivity index (χ0) is 39.2. The van der Waals surface area contributed by atoms with E-state index in [-0.39, 0.29) is 47.9 Å². The Morgan fingerprint density at radius 3 is 2.26 bits per heavy atom. The Kier molecular flexibility index (Phi) is 13.1. The molecule has 3 aromatic carbocycles. The molecule has 5 rings (SSSR count). The number of carbonyl (C=O) groups is 4. The third kappa shape index (κ3) is 9.85. The van der Waals surface area contributed by atoms with Crippen LogP contribution < -0.4 is 16.4 Å². The molecule has 2 fully saturated rings. The van der Waals surface area contributed by atoms with Gasteiger partial charge in [0.25, 0.3) is 5.91 Å². The van der Waals surface area contributed by atoms with E-state index in [1.165, 1.54) is 23.1 Å². The van der Waals surface area contributed by atoms with Gasteiger partial charge >= 0.3 is 12.1 Å². The van der Waals surface area contributed by atoms with Crippen LogP contribution in [-0.4, -0.2) is 47.1 Å². The van der Waals surface area contributed by atoms with Crippen LogP contribution in [0.3, 0.4) is 0 Å². The zero-order valence-electron chi connectivity index (χ0n) is 30.8. The number of esters is 1. The predicted molar refractivity (Wildman–Crippen MR) is 197 cm³/mol. The van der Waals surface area contributed by atoms with Crippen LogP contribution >= 0.6 is 0 Å². The maximum atomic E-state index is 15.1. The molecule has 3 atom stereocenters. The highest BCUT2D eigenvalue weighted by Crippen LogP contribution is 2.40. The lowest BCUT2D eigenvalue weighted by molar-refractivity contribution is -0.148. The van der Waals surface area contributed by atoms with Gasteiger partial charge in [0.05, 0.1) is 35.5 Å². The molecule has 0 bridgehead atoms. The lowest BCUT2D eigenvalue weighted by Gasteiger charge is -2.41. The van der Waals surface area contributed by atoms with Gasteiger partial charge in [0.15, 0.2) is 0 Å². The molecule has 1 heterocycles. The van der Waals surface area contributed by atoms with Crippen LogP contribution in [-0.2, 0) is 31.9 Å². The molecular weight excluding hydrogens is 704 g/mol. The number of benzene rings is 3. The first kappa shape index (κ1) is 40.4. The second-order valence-corrected chi connectivity index (χ2v) is 14.6. The van der Waals surface area contributed by atoms with Gasteiger partial charge in [0, 0.05) is 35.9 Å². The van der Waals surface area contributed by atoms with Gasteiger partial charge in [-0.3, -0.25) is 19.2 Å². The fourth-order valence-electron chi connectivity index (χ4n) is 7.31. The number of halogens is 4. The average molecular weight is 753 g/mol. The molecular formula is C41H48F4N4O5. The fourth-order valence-corrected chi connectivity index (χ4v) is 7.31. The molecule has 13 heteroatoms. The van der Waals surface area contributed by atoms with E-state index in [4.69, 9.17) is 10.5 Å². The van der Waals surface area contributed by atoms with Crippen molar-refractivity contribution in [3.63, 3.8) is 0 Å². The van der Waals surface area contributed by atoms with Crippen molar-refractivity contribution in [1.82, 2.24) is 4.90 Å². The maximum Gasteiger partial charge on any atom is 0.416 e. The summed E-state index contributed by atoms with van der Waals surface area (Å²) < 4.78 is 63.0. The van der Waals surface area contributed by atoms with Crippen LogP contribution in [0.2, 0.25) is 0 Å². The average Bonchev–Trinajstić information content (AvgIpc) is 3.65. The zero-order valence-corrected chi connectivity index (χ0v) is 30.8. The minimum atomic E-state index is -4.86. The van der Waals surface area contributed by atoms with Crippen molar-refractivity contribution in [3.05, 3.63) is 94.3 Å². The minimum Gasteiger partial charge on any atom is -0.461 e. The van der Waals surface area contributed by atoms with Gasteiger partial charge < -0.3 is 26.0 Å². The summed E-state index contributed by atoms with van der Waals surface area (Å²) in [4.78, 5) is 54.0. The summed E-state index contributed by atoms with van der Waals surface area (Å²) in [6, 6.07) is 13.7. The van der Waals surface area contributed by atoms with Gasteiger partial charge in [-0.2, -0.15) is 13.2 Å². The Balaban J connectivity index is 1.37. The number of hydrogen-bond donors (Lipinski definition) is 3. The van der Waals surface area contributed by atoms with Gasteiger partial charge in [-0.15, -0.1) is 0 Å². The largest absolute Gasteiger partial charge is 0.461 e. The number of alkyl halides is 3. The van der Waals surface area contributed by atoms with Crippen molar-refractivity contribution in [2.75, 3.05) is 17.2 Å². The number of piperidine rings is 1. The molecule has 0 aromatic heterocycles. The number of amides is 2. The third-order valence-corrected chi connectivity index (χ3v) is 10.4. The van der Waals surface area contributed by atoms with E-state index >= 15 is 4.39 Å². The molecule has 290 valence electrons. The highest BCUT2D eigenvalue weighted by molar-refractivity contribution is 5.98. The van der Waals surface area contributed by atoms with E-state index in [1.807, 2.05) is 24.3 Å². The molecule has 2 aliphatic rings. The number of carbonyl (C=O) groups excluding carboxylic acids is 4. The number of ketones is 1. The van der Waals surface area contributed by atoms with Crippen molar-refractivity contribution in [3.8, 4) is 0 Å². The molecule has 9 nitrogen and oxygen atoms in total. The minimum absolute atomic E-state index is 0.0973. The standard InChI is InChI=1S/C41H48F4N4O5/c1-24(2)37(46)34(50)19-20-35(51)54-23-27-15-18-30(22-32(27)41(43,44)45)48-39(52)31-11-7-21-49(40(53)36-25(3)8-6-12-33(36)42)38(31)26-13-16-29(17-14-26)47-28-9-4-5-10-28/h6,8,12-18,22,24,28,31,37-38,47H,4-5,7,9-11,19-21,23,46H2,1-3H3,(H,48,52)/t31-,37-,38-/m0/s1. The molecule has 4 N–H and O–H groups in total. The topological polar surface area (TPSA) is 131 Å². The number of aryl methyl sites for hydroxylation is 1. The number of anilines is 2. The number of hydrogen-bond acceptors (Lipinski definition) is 7. The monoisotopic (exact) mass is 752 g/mol. The summed E-state index contributed by atoms with van der Waals surface area (Å²) in [5.74, 6) is -4.08. The SMILES string of the molecule is Cc1cccc(F)c1C(=O)N1CCC[C@H](C(=O)Nc2ccc(COC(=O)CCC(=O)[C@@H](N)C(C)C)c(C(F)(F)F)c2)[C@@H]1c1ccc(NC2CCCC2)cc1. The summed E-state index contributed by atoms with van der Waals surface area (Å²) in [6.07, 6.45) is -0.213. The number of Topliss-reactive ketones (excluding diaryl/α,β-unsaturated/α-hetero) is 1. The first-order chi connectivity index (χ1) is 25.6. The lowest BCUT2D eigenvalue weighted by atomic mass is 9.83. The Morgan fingerprint density at radius 2 is 1.61 bits per heavy atom. The molecule has 0 radical (unpaired) electrons. The molecule has 2 amide bonds. The molecule has 0 spiro atoms. The first-order valence-electron chi connectivity index (χ1n) is 18.5. The van der Waals surface area contributed by atoms with Crippen molar-refractivity contribution in [1.29, 1.82) is 0 Å². The van der Waals surface area contributed by atoms with Gasteiger partial charge in [0.2, 0.25) is 5.91 Å². The fraction of sp³-hybridized carbons (Fsp3) is 0.463. The molecule has 1 aliphatic heterocycles. The number of nitrogens with one attached hydrogen (secondary N) is 2. The van der Waals surface area contributed by atoms with E-state index in [2.05, 4.69) is 10.6 Å². The maximum absolute atomic E-state index is 15.1. The van der Waals surface area contributed by atoms with Crippen molar-refractivity contribution < 1.29 is 41.5 Å². The van der Waals surface area contributed by atoms with Gasteiger partial charge in [-0.25, -0.2) is 4.39 Å². The van der Waals surface area contributed by atoms with E-state index < -0.39 is 59.9 Å². The molecule has 54 heavy (non-hydrogen) atoms. The van der Waals surface area contributed by atoms with Crippen molar-refractivity contribution >= 4 is 34.9 Å². The molecule has 0 unspecified atom stereocenters. The smallest absolute Gasteiger partial charge is 0.416 e. The highest BCUT2D eigenvalue weighted by Gasteiger charge is 2.41. The van der Waals surface area contributed by atoms with Crippen LogP contribution in [0.4, 0.5) is 28.9 Å². The summed E-state index contributed by atoms with van der Waals surface area (Å²) in [5.41, 5.74) is 6.09. The molecule has 1 saturated heterocycles. The molecule has 3 aromatic rings. The van der Waals surface area contributed by atoms with Crippen LogP contribution in [0.1, 0.15) is 104 Å². The number of rotatable bonds is 13. The Labute approximate surface area is 313 Å². The predicted octanol–water partition coefficient (Wildman–Crippen LogP) is 8.12. The van der Waals surface area contributed by atoms with E-state index in [0.29, 0.717) is 30.0 Å². The summed E-state index contributed by atoms with van der Waals surface area (Å²) in [5, 5.41) is 6.15. The van der Waals surface area contributed by atoms with Crippen LogP contribution in [0.15, 0.2) is 60.7 Å². The summed E-state index contributed by atoms with van der Waals surface area (Å²) in [6.45, 7) is 4.70. The highest BCUT2D eigenvalue weighted by atomic mass is 19.4. The quantitative estimate of drug-likeness (QED) is 0.119. The van der Waals surface area contributed by atoms with Gasteiger partial charge in [-0.05, 0) is 80.0 Å². The number of likely N-dealkylation sites (tertiary alicyclic amines) is 1. The van der Waals surface area contributed by atoms with Crippen molar-refractivity contribution in [2.45, 2.75) is 103 Å². The number of nitrogens with zero attached hydrogens (tertiary/aromatic N) is 1. The summed E-state index contributed by atoms with van der Waals surface area (Å²) >= 11 is 0.